The van der Waals surface area contributed by atoms with Crippen LogP contribution in [0.1, 0.15) is 25.3 Å². The molecule has 2 aromatic rings. The van der Waals surface area contributed by atoms with Crippen LogP contribution in [0.5, 0.6) is 11.5 Å². The second-order valence-electron chi connectivity index (χ2n) is 7.05. The topological polar surface area (TPSA) is 24.9 Å². The van der Waals surface area contributed by atoms with Crippen LogP contribution in [0.15, 0.2) is 54.6 Å². The fourth-order valence-electron chi connectivity index (χ4n) is 3.37. The van der Waals surface area contributed by atoms with Gasteiger partial charge in [-0.25, -0.2) is 0 Å². The highest BCUT2D eigenvalue weighted by Gasteiger charge is 2.14. The molecule has 0 atom stereocenters. The molecule has 1 fully saturated rings. The average Bonchev–Trinajstić information content (AvgIpc) is 2.74. The molecule has 2 aromatic carbocycles. The Morgan fingerprint density at radius 2 is 1.37 bits per heavy atom. The zero-order valence-electron chi connectivity index (χ0n) is 16.5. The van der Waals surface area contributed by atoms with Crippen molar-refractivity contribution in [3.8, 4) is 11.5 Å². The monoisotopic (exact) mass is 368 g/mol. The van der Waals surface area contributed by atoms with Crippen LogP contribution in [-0.2, 0) is 6.61 Å². The first kappa shape index (κ1) is 19.7. The van der Waals surface area contributed by atoms with Gasteiger partial charge in [0.05, 0.1) is 6.61 Å². The van der Waals surface area contributed by atoms with E-state index in [1.807, 2.05) is 42.5 Å². The van der Waals surface area contributed by atoms with Crippen molar-refractivity contribution in [2.24, 2.45) is 0 Å². The Morgan fingerprint density at radius 1 is 0.741 bits per heavy atom. The molecule has 0 N–H and O–H groups in total. The molecule has 0 saturated carbocycles. The molecule has 0 unspecified atom stereocenters. The normalized spacial score (nSPS) is 15.6. The van der Waals surface area contributed by atoms with Gasteiger partial charge in [-0.2, -0.15) is 0 Å². The van der Waals surface area contributed by atoms with E-state index in [0.29, 0.717) is 6.61 Å². The van der Waals surface area contributed by atoms with Crippen molar-refractivity contribution >= 4 is 0 Å². The largest absolute Gasteiger partial charge is 0.490 e. The lowest BCUT2D eigenvalue weighted by Gasteiger charge is -2.33. The third-order valence-electron chi connectivity index (χ3n) is 5.12. The van der Waals surface area contributed by atoms with Crippen molar-refractivity contribution in [3.05, 3.63) is 60.2 Å². The predicted molar refractivity (Wildman–Crippen MR) is 110 cm³/mol. The summed E-state index contributed by atoms with van der Waals surface area (Å²) in [5, 5.41) is 0. The van der Waals surface area contributed by atoms with E-state index in [-0.39, 0.29) is 0 Å². The molecule has 27 heavy (non-hydrogen) atoms. The highest BCUT2D eigenvalue weighted by atomic mass is 16.5. The second-order valence-corrected chi connectivity index (χ2v) is 7.05. The smallest absolute Gasteiger partial charge is 0.161 e. The fraction of sp³-hybridized carbons (Fsp3) is 0.478. The van der Waals surface area contributed by atoms with Gasteiger partial charge in [0.15, 0.2) is 11.5 Å². The number of nitrogens with zero attached hydrogens (tertiary/aromatic N) is 2. The van der Waals surface area contributed by atoms with Crippen LogP contribution >= 0.6 is 0 Å². The number of rotatable bonds is 10. The molecule has 0 amide bonds. The summed E-state index contributed by atoms with van der Waals surface area (Å²) in [6.07, 6.45) is 2.25. The van der Waals surface area contributed by atoms with Crippen LogP contribution in [-0.4, -0.2) is 55.7 Å². The predicted octanol–water partition coefficient (Wildman–Crippen LogP) is 4.06. The minimum Gasteiger partial charge on any atom is -0.490 e. The fourth-order valence-corrected chi connectivity index (χ4v) is 3.37. The summed E-state index contributed by atoms with van der Waals surface area (Å²) in [4.78, 5) is 5.09. The quantitative estimate of drug-likeness (QED) is 0.591. The molecular formula is C23H32N2O2. The molecular weight excluding hydrogens is 336 g/mol. The van der Waals surface area contributed by atoms with Crippen LogP contribution < -0.4 is 9.47 Å². The van der Waals surface area contributed by atoms with Crippen LogP contribution in [0.3, 0.4) is 0 Å². The zero-order chi connectivity index (χ0) is 18.7. The number of benzene rings is 2. The maximum Gasteiger partial charge on any atom is 0.161 e. The number of piperazine rings is 1. The molecule has 0 aromatic heterocycles. The summed E-state index contributed by atoms with van der Waals surface area (Å²) in [7, 11) is 0. The van der Waals surface area contributed by atoms with E-state index in [2.05, 4.69) is 28.9 Å². The van der Waals surface area contributed by atoms with Gasteiger partial charge in [0.25, 0.3) is 0 Å². The van der Waals surface area contributed by atoms with Gasteiger partial charge in [-0.15, -0.1) is 0 Å². The van der Waals surface area contributed by atoms with Gasteiger partial charge in [-0.3, -0.25) is 0 Å². The lowest BCUT2D eigenvalue weighted by atomic mass is 10.2. The van der Waals surface area contributed by atoms with Gasteiger partial charge in [0.2, 0.25) is 0 Å². The van der Waals surface area contributed by atoms with Gasteiger partial charge in [-0.05, 0) is 43.6 Å². The van der Waals surface area contributed by atoms with Crippen LogP contribution in [0, 0.1) is 0 Å². The Bertz CT molecular complexity index is 654. The molecule has 1 aliphatic heterocycles. The van der Waals surface area contributed by atoms with Crippen molar-refractivity contribution < 1.29 is 9.47 Å². The van der Waals surface area contributed by atoms with E-state index in [1.165, 1.54) is 45.7 Å². The number of hydrogen-bond acceptors (Lipinski definition) is 4. The van der Waals surface area contributed by atoms with Crippen LogP contribution in [0.25, 0.3) is 0 Å². The molecule has 4 nitrogen and oxygen atoms in total. The number of ether oxygens (including phenoxy) is 2. The van der Waals surface area contributed by atoms with E-state index in [9.17, 15) is 0 Å². The lowest BCUT2D eigenvalue weighted by molar-refractivity contribution is 0.134. The van der Waals surface area contributed by atoms with Gasteiger partial charge in [-0.1, -0.05) is 49.4 Å². The molecule has 0 radical (unpaired) electrons. The highest BCUT2D eigenvalue weighted by Crippen LogP contribution is 2.27. The van der Waals surface area contributed by atoms with E-state index in [4.69, 9.17) is 9.47 Å². The zero-order valence-corrected chi connectivity index (χ0v) is 16.5. The third-order valence-corrected chi connectivity index (χ3v) is 5.12. The number of likely N-dealkylation sites (N-methyl/N-ethyl adjacent to an activating group) is 1. The van der Waals surface area contributed by atoms with Crippen molar-refractivity contribution in [3.63, 3.8) is 0 Å². The maximum atomic E-state index is 6.00. The first-order valence-electron chi connectivity index (χ1n) is 10.2. The molecule has 3 rings (SSSR count). The molecule has 1 aliphatic rings. The van der Waals surface area contributed by atoms with Crippen molar-refractivity contribution in [2.45, 2.75) is 26.4 Å². The minimum absolute atomic E-state index is 0.560. The SMILES string of the molecule is CCN1CCN(CCCCOc2ccccc2OCc2ccccc2)CC1. The Hall–Kier alpha value is -2.04. The first-order valence-corrected chi connectivity index (χ1v) is 10.2. The lowest BCUT2D eigenvalue weighted by Crippen LogP contribution is -2.46. The Kier molecular flexibility index (Phi) is 8.00. The van der Waals surface area contributed by atoms with Gasteiger partial charge in [0, 0.05) is 26.2 Å². The van der Waals surface area contributed by atoms with Crippen molar-refractivity contribution in [2.75, 3.05) is 45.9 Å². The van der Waals surface area contributed by atoms with E-state index >= 15 is 0 Å². The Morgan fingerprint density at radius 3 is 2.07 bits per heavy atom. The van der Waals surface area contributed by atoms with E-state index < -0.39 is 0 Å². The van der Waals surface area contributed by atoms with Gasteiger partial charge in [0.1, 0.15) is 6.61 Å². The number of unbranched alkanes of at least 4 members (excludes halogenated alkanes) is 1. The third kappa shape index (κ3) is 6.56. The minimum atomic E-state index is 0.560. The summed E-state index contributed by atoms with van der Waals surface area (Å²) >= 11 is 0. The van der Waals surface area contributed by atoms with E-state index in [1.54, 1.807) is 0 Å². The first-order chi connectivity index (χ1) is 13.3. The van der Waals surface area contributed by atoms with Crippen LogP contribution in [0.2, 0.25) is 0 Å². The molecule has 1 heterocycles. The molecule has 0 bridgehead atoms. The molecule has 4 heteroatoms. The number of hydrogen-bond donors (Lipinski definition) is 0. The molecule has 146 valence electrons. The molecule has 1 saturated heterocycles. The van der Waals surface area contributed by atoms with Crippen molar-refractivity contribution in [1.29, 1.82) is 0 Å². The van der Waals surface area contributed by atoms with E-state index in [0.717, 1.165) is 30.1 Å². The second kappa shape index (κ2) is 11.0. The Balaban J connectivity index is 1.36. The van der Waals surface area contributed by atoms with Crippen LogP contribution in [0.4, 0.5) is 0 Å². The Labute approximate surface area is 163 Å². The van der Waals surface area contributed by atoms with Gasteiger partial charge < -0.3 is 19.3 Å². The molecule has 0 spiro atoms. The summed E-state index contributed by atoms with van der Waals surface area (Å²) in [5.41, 5.74) is 1.16. The van der Waals surface area contributed by atoms with Gasteiger partial charge >= 0.3 is 0 Å². The summed E-state index contributed by atoms with van der Waals surface area (Å²) in [5.74, 6) is 1.65. The standard InChI is InChI=1S/C23H32N2O2/c1-2-24-15-17-25(18-16-24)14-8-9-19-26-22-12-6-7-13-23(22)27-20-21-10-4-3-5-11-21/h3-7,10-13H,2,8-9,14-20H2,1H3. The summed E-state index contributed by atoms with van der Waals surface area (Å²) in [6, 6.07) is 18.2. The average molecular weight is 369 g/mol. The number of para-hydroxylation sites is 2. The summed E-state index contributed by atoms with van der Waals surface area (Å²) < 4.78 is 12.0. The maximum absolute atomic E-state index is 6.00. The van der Waals surface area contributed by atoms with Crippen molar-refractivity contribution in [1.82, 2.24) is 9.80 Å². The highest BCUT2D eigenvalue weighted by molar-refractivity contribution is 5.39. The summed E-state index contributed by atoms with van der Waals surface area (Å²) in [6.45, 7) is 10.7. The molecule has 0 aliphatic carbocycles.